The van der Waals surface area contributed by atoms with E-state index in [0.29, 0.717) is 32.7 Å². The third kappa shape index (κ3) is 5.99. The predicted octanol–water partition coefficient (Wildman–Crippen LogP) is 3.76. The lowest BCUT2D eigenvalue weighted by Gasteiger charge is -2.30. The highest BCUT2D eigenvalue weighted by molar-refractivity contribution is 7.09. The van der Waals surface area contributed by atoms with E-state index in [1.165, 1.54) is 10.4 Å². The number of ether oxygens (including phenoxy) is 1. The fraction of sp³-hybridized carbons (Fsp3) is 0.385. The summed E-state index contributed by atoms with van der Waals surface area (Å²) in [5.41, 5.74) is 7.09. The van der Waals surface area contributed by atoms with Crippen molar-refractivity contribution >= 4 is 23.2 Å². The number of amides is 2. The van der Waals surface area contributed by atoms with Gasteiger partial charge in [0.05, 0.1) is 24.2 Å². The molecule has 0 bridgehead atoms. The number of nitrogens with one attached hydrogen (secondary N) is 1. The molecule has 8 heteroatoms. The predicted molar refractivity (Wildman–Crippen MR) is 132 cm³/mol. The van der Waals surface area contributed by atoms with Crippen molar-refractivity contribution < 1.29 is 14.3 Å². The first-order valence-corrected chi connectivity index (χ1v) is 12.5. The molecule has 4 rings (SSSR count). The number of nitrogens with zero attached hydrogens (tertiary/aromatic N) is 3. The number of hydrogen-bond acceptors (Lipinski definition) is 6. The maximum Gasteiger partial charge on any atom is 0.223 e. The molecule has 0 fully saturated rings. The number of pyridine rings is 1. The quantitative estimate of drug-likeness (QED) is 0.506. The second kappa shape index (κ2) is 11.2. The number of hydrogen-bond donors (Lipinski definition) is 1. The highest BCUT2D eigenvalue weighted by Gasteiger charge is 2.24. The van der Waals surface area contributed by atoms with Crippen LogP contribution in [0, 0.1) is 13.8 Å². The Labute approximate surface area is 204 Å². The summed E-state index contributed by atoms with van der Waals surface area (Å²) in [7, 11) is 0. The third-order valence-electron chi connectivity index (χ3n) is 6.16. The van der Waals surface area contributed by atoms with Gasteiger partial charge in [-0.05, 0) is 55.5 Å². The molecule has 178 valence electrons. The maximum atomic E-state index is 12.8. The van der Waals surface area contributed by atoms with Crippen LogP contribution in [0.25, 0.3) is 0 Å². The number of benzene rings is 1. The highest BCUT2D eigenvalue weighted by Crippen LogP contribution is 2.25. The van der Waals surface area contributed by atoms with Crippen LogP contribution in [0.5, 0.6) is 5.75 Å². The van der Waals surface area contributed by atoms with Gasteiger partial charge in [0.25, 0.3) is 0 Å². The van der Waals surface area contributed by atoms with Gasteiger partial charge < -0.3 is 15.0 Å². The minimum Gasteiger partial charge on any atom is -0.493 e. The van der Waals surface area contributed by atoms with Crippen molar-refractivity contribution in [2.75, 3.05) is 13.2 Å². The molecule has 3 aromatic rings. The highest BCUT2D eigenvalue weighted by atomic mass is 32.1. The zero-order chi connectivity index (χ0) is 23.9. The number of aryl methyl sites for hydroxylation is 3. The summed E-state index contributed by atoms with van der Waals surface area (Å²) in [6.45, 7) is 5.97. The van der Waals surface area contributed by atoms with Gasteiger partial charge in [-0.25, -0.2) is 4.98 Å². The van der Waals surface area contributed by atoms with Gasteiger partial charge in [0, 0.05) is 42.8 Å². The molecule has 2 aromatic heterocycles. The lowest BCUT2D eigenvalue weighted by molar-refractivity contribution is -0.132. The van der Waals surface area contributed by atoms with E-state index in [4.69, 9.17) is 4.74 Å². The van der Waals surface area contributed by atoms with Gasteiger partial charge >= 0.3 is 0 Å². The van der Waals surface area contributed by atoms with E-state index in [9.17, 15) is 9.59 Å². The first kappa shape index (κ1) is 23.9. The topological polar surface area (TPSA) is 84.4 Å². The normalized spacial score (nSPS) is 12.8. The number of aromatic nitrogens is 2. The molecule has 2 amide bonds. The van der Waals surface area contributed by atoms with E-state index in [1.807, 2.05) is 60.8 Å². The standard InChI is InChI=1S/C26H30N4O3S/c1-18-23(15-28-25(31)11-13-33-21-6-4-3-5-7-21)22-10-12-30(16-20(22)14-27-18)26(32)9-8-24-19(2)29-17-34-24/h3-7,14,17H,8-13,15-16H2,1-2H3,(H,28,31). The smallest absolute Gasteiger partial charge is 0.223 e. The SMILES string of the molecule is Cc1ncsc1CCC(=O)N1CCc2c(cnc(C)c2CNC(=O)CCOc2ccccc2)C1. The second-order valence-electron chi connectivity index (χ2n) is 8.44. The van der Waals surface area contributed by atoms with E-state index < -0.39 is 0 Å². The fourth-order valence-electron chi connectivity index (χ4n) is 4.17. The van der Waals surface area contributed by atoms with Crippen LogP contribution < -0.4 is 10.1 Å². The molecule has 1 aromatic carbocycles. The number of carbonyl (C=O) groups is 2. The molecule has 1 aliphatic heterocycles. The summed E-state index contributed by atoms with van der Waals surface area (Å²) in [5, 5.41) is 3.01. The second-order valence-corrected chi connectivity index (χ2v) is 9.38. The first-order chi connectivity index (χ1) is 16.5. The van der Waals surface area contributed by atoms with Crippen LogP contribution in [-0.2, 0) is 35.5 Å². The minimum atomic E-state index is -0.0566. The van der Waals surface area contributed by atoms with Crippen molar-refractivity contribution in [2.45, 2.75) is 52.6 Å². The zero-order valence-electron chi connectivity index (χ0n) is 19.7. The summed E-state index contributed by atoms with van der Waals surface area (Å²) < 4.78 is 5.61. The Hall–Kier alpha value is -3.26. The fourth-order valence-corrected chi connectivity index (χ4v) is 4.95. The van der Waals surface area contributed by atoms with Crippen LogP contribution in [0.4, 0.5) is 0 Å². The molecular weight excluding hydrogens is 448 g/mol. The zero-order valence-corrected chi connectivity index (χ0v) is 20.5. The number of para-hydroxylation sites is 1. The molecule has 0 saturated heterocycles. The molecule has 0 saturated carbocycles. The molecule has 1 aliphatic rings. The Kier molecular flexibility index (Phi) is 7.90. The van der Waals surface area contributed by atoms with Gasteiger partial charge in [0.2, 0.25) is 11.8 Å². The van der Waals surface area contributed by atoms with Gasteiger partial charge in [-0.1, -0.05) is 18.2 Å². The van der Waals surface area contributed by atoms with Crippen molar-refractivity contribution in [1.82, 2.24) is 20.2 Å². The summed E-state index contributed by atoms with van der Waals surface area (Å²) >= 11 is 1.61. The molecule has 34 heavy (non-hydrogen) atoms. The lowest BCUT2D eigenvalue weighted by Crippen LogP contribution is -2.37. The van der Waals surface area contributed by atoms with E-state index in [2.05, 4.69) is 15.3 Å². The van der Waals surface area contributed by atoms with Crippen LogP contribution in [0.15, 0.2) is 42.0 Å². The van der Waals surface area contributed by atoms with Crippen LogP contribution in [0.1, 0.15) is 45.8 Å². The van der Waals surface area contributed by atoms with Crippen molar-refractivity contribution in [3.8, 4) is 5.75 Å². The molecular formula is C26H30N4O3S. The molecule has 7 nitrogen and oxygen atoms in total. The Morgan fingerprint density at radius 2 is 1.94 bits per heavy atom. The number of fused-ring (bicyclic) bond motifs is 1. The van der Waals surface area contributed by atoms with Crippen molar-refractivity contribution in [1.29, 1.82) is 0 Å². The van der Waals surface area contributed by atoms with Crippen molar-refractivity contribution in [3.63, 3.8) is 0 Å². The van der Waals surface area contributed by atoms with Gasteiger partial charge in [-0.15, -0.1) is 11.3 Å². The molecule has 1 N–H and O–H groups in total. The minimum absolute atomic E-state index is 0.0566. The van der Waals surface area contributed by atoms with Crippen molar-refractivity contribution in [3.05, 3.63) is 75.0 Å². The Bertz CT molecular complexity index is 1150. The molecule has 3 heterocycles. The summed E-state index contributed by atoms with van der Waals surface area (Å²) in [5.74, 6) is 0.861. The Morgan fingerprint density at radius 1 is 1.12 bits per heavy atom. The number of rotatable bonds is 9. The van der Waals surface area contributed by atoms with Crippen LogP contribution >= 0.6 is 11.3 Å². The summed E-state index contributed by atoms with van der Waals surface area (Å²) in [4.78, 5) is 37.1. The molecule has 0 radical (unpaired) electrons. The Morgan fingerprint density at radius 3 is 2.71 bits per heavy atom. The Balaban J connectivity index is 1.30. The van der Waals surface area contributed by atoms with E-state index in [-0.39, 0.29) is 18.2 Å². The van der Waals surface area contributed by atoms with Crippen LogP contribution in [0.2, 0.25) is 0 Å². The first-order valence-electron chi connectivity index (χ1n) is 11.6. The average Bonchev–Trinajstić information content (AvgIpc) is 3.26. The summed E-state index contributed by atoms with van der Waals surface area (Å²) in [6.07, 6.45) is 4.16. The lowest BCUT2D eigenvalue weighted by atomic mass is 9.94. The van der Waals surface area contributed by atoms with E-state index in [1.54, 1.807) is 11.3 Å². The van der Waals surface area contributed by atoms with E-state index >= 15 is 0 Å². The molecule has 0 unspecified atom stereocenters. The summed E-state index contributed by atoms with van der Waals surface area (Å²) in [6, 6.07) is 9.48. The maximum absolute atomic E-state index is 12.8. The largest absolute Gasteiger partial charge is 0.493 e. The average molecular weight is 479 g/mol. The number of thiazole rings is 1. The third-order valence-corrected chi connectivity index (χ3v) is 7.16. The van der Waals surface area contributed by atoms with Gasteiger partial charge in [-0.3, -0.25) is 14.6 Å². The van der Waals surface area contributed by atoms with Gasteiger partial charge in [0.1, 0.15) is 5.75 Å². The van der Waals surface area contributed by atoms with Gasteiger partial charge in [-0.2, -0.15) is 0 Å². The number of carbonyl (C=O) groups excluding carboxylic acids is 2. The van der Waals surface area contributed by atoms with Crippen LogP contribution in [0.3, 0.4) is 0 Å². The molecule has 0 atom stereocenters. The van der Waals surface area contributed by atoms with Crippen molar-refractivity contribution in [2.24, 2.45) is 0 Å². The van der Waals surface area contributed by atoms with E-state index in [0.717, 1.165) is 41.1 Å². The molecule has 0 aliphatic carbocycles. The van der Waals surface area contributed by atoms with Gasteiger partial charge in [0.15, 0.2) is 0 Å². The molecule has 0 spiro atoms. The van der Waals surface area contributed by atoms with Crippen LogP contribution in [-0.4, -0.2) is 39.8 Å². The monoisotopic (exact) mass is 478 g/mol.